The lowest BCUT2D eigenvalue weighted by Gasteiger charge is -2.06. The first kappa shape index (κ1) is 16.8. The topological polar surface area (TPSA) is 51.2 Å². The van der Waals surface area contributed by atoms with E-state index in [1.807, 2.05) is 48.0 Å². The fourth-order valence-corrected chi connectivity index (χ4v) is 3.77. The van der Waals surface area contributed by atoms with Gasteiger partial charge in [-0.15, -0.1) is 23.1 Å². The molecule has 0 aliphatic carbocycles. The molecule has 4 nitrogen and oxygen atoms in total. The van der Waals surface area contributed by atoms with Gasteiger partial charge in [-0.05, 0) is 54.6 Å². The Morgan fingerprint density at radius 2 is 2.08 bits per heavy atom. The van der Waals surface area contributed by atoms with Crippen molar-refractivity contribution in [2.24, 2.45) is 0 Å². The number of hydrogen-bond donors (Lipinski definition) is 1. The summed E-state index contributed by atoms with van der Waals surface area (Å²) in [5, 5.41) is 2.94. The molecule has 1 heterocycles. The van der Waals surface area contributed by atoms with Crippen molar-refractivity contribution < 1.29 is 9.53 Å². The fourth-order valence-electron chi connectivity index (χ4n) is 2.25. The van der Waals surface area contributed by atoms with Crippen LogP contribution in [-0.2, 0) is 4.79 Å². The van der Waals surface area contributed by atoms with E-state index in [1.54, 1.807) is 30.2 Å². The van der Waals surface area contributed by atoms with E-state index in [0.29, 0.717) is 6.42 Å². The Labute approximate surface area is 149 Å². The molecule has 124 valence electrons. The van der Waals surface area contributed by atoms with Crippen LogP contribution in [0.2, 0.25) is 0 Å². The van der Waals surface area contributed by atoms with Gasteiger partial charge in [0.2, 0.25) is 5.91 Å². The summed E-state index contributed by atoms with van der Waals surface area (Å²) in [4.78, 5) is 17.5. The number of carbonyl (C=O) groups is 1. The highest BCUT2D eigenvalue weighted by Gasteiger charge is 2.05. The second kappa shape index (κ2) is 8.17. The highest BCUT2D eigenvalue weighted by molar-refractivity contribution is 7.99. The van der Waals surface area contributed by atoms with E-state index in [9.17, 15) is 4.79 Å². The number of methoxy groups -OCH3 is 1. The first-order valence-corrected chi connectivity index (χ1v) is 9.51. The molecule has 0 bridgehead atoms. The van der Waals surface area contributed by atoms with E-state index in [2.05, 4.69) is 10.3 Å². The number of thiazole rings is 1. The zero-order valence-electron chi connectivity index (χ0n) is 13.3. The Morgan fingerprint density at radius 1 is 1.25 bits per heavy atom. The maximum Gasteiger partial charge on any atom is 0.224 e. The Balaban J connectivity index is 1.41. The number of fused-ring (bicyclic) bond motifs is 1. The molecule has 1 aromatic heterocycles. The summed E-state index contributed by atoms with van der Waals surface area (Å²) in [7, 11) is 1.66. The van der Waals surface area contributed by atoms with Crippen LogP contribution in [0.25, 0.3) is 10.2 Å². The number of thioether (sulfide) groups is 1. The van der Waals surface area contributed by atoms with Gasteiger partial charge in [0.1, 0.15) is 5.75 Å². The Morgan fingerprint density at radius 3 is 2.88 bits per heavy atom. The monoisotopic (exact) mass is 358 g/mol. The lowest BCUT2D eigenvalue weighted by Crippen LogP contribution is -2.11. The second-order valence-corrected chi connectivity index (χ2v) is 7.27. The number of ether oxygens (including phenoxy) is 1. The van der Waals surface area contributed by atoms with Crippen LogP contribution in [0.3, 0.4) is 0 Å². The molecule has 0 radical (unpaired) electrons. The predicted molar refractivity (Wildman–Crippen MR) is 101 cm³/mol. The van der Waals surface area contributed by atoms with Gasteiger partial charge in [0.05, 0.1) is 22.8 Å². The molecule has 1 amide bonds. The van der Waals surface area contributed by atoms with Crippen LogP contribution in [0.4, 0.5) is 5.69 Å². The zero-order chi connectivity index (χ0) is 16.8. The Kier molecular flexibility index (Phi) is 5.72. The summed E-state index contributed by atoms with van der Waals surface area (Å²) in [5.74, 6) is 1.81. The predicted octanol–water partition coefficient (Wildman–Crippen LogP) is 4.82. The molecule has 0 aliphatic heterocycles. The van der Waals surface area contributed by atoms with Crippen LogP contribution >= 0.6 is 23.1 Å². The lowest BCUT2D eigenvalue weighted by molar-refractivity contribution is -0.116. The van der Waals surface area contributed by atoms with Crippen LogP contribution in [0, 0.1) is 0 Å². The zero-order valence-corrected chi connectivity index (χ0v) is 15.0. The molecule has 0 unspecified atom stereocenters. The summed E-state index contributed by atoms with van der Waals surface area (Å²) in [6, 6.07) is 13.8. The summed E-state index contributed by atoms with van der Waals surface area (Å²) in [5.41, 5.74) is 3.54. The van der Waals surface area contributed by atoms with E-state index in [-0.39, 0.29) is 5.91 Å². The maximum absolute atomic E-state index is 12.0. The molecule has 0 aliphatic rings. The van der Waals surface area contributed by atoms with Crippen molar-refractivity contribution in [2.75, 3.05) is 18.2 Å². The first-order valence-electron chi connectivity index (χ1n) is 7.64. The Bertz CT molecular complexity index is 815. The molecule has 3 rings (SSSR count). The minimum atomic E-state index is 0.0416. The van der Waals surface area contributed by atoms with Gasteiger partial charge in [-0.1, -0.05) is 0 Å². The van der Waals surface area contributed by atoms with Crippen LogP contribution < -0.4 is 10.1 Å². The van der Waals surface area contributed by atoms with Crippen molar-refractivity contribution in [1.82, 2.24) is 4.98 Å². The third kappa shape index (κ3) is 4.49. The minimum Gasteiger partial charge on any atom is -0.497 e. The number of nitrogens with zero attached hydrogens (tertiary/aromatic N) is 1. The van der Waals surface area contributed by atoms with Crippen LogP contribution in [0.15, 0.2) is 52.9 Å². The number of anilines is 1. The quantitative estimate of drug-likeness (QED) is 0.486. The highest BCUT2D eigenvalue weighted by atomic mass is 32.2. The number of benzene rings is 2. The molecule has 6 heteroatoms. The molecule has 24 heavy (non-hydrogen) atoms. The molecule has 0 saturated heterocycles. The summed E-state index contributed by atoms with van der Waals surface area (Å²) < 4.78 is 6.27. The smallest absolute Gasteiger partial charge is 0.224 e. The van der Waals surface area contributed by atoms with Crippen molar-refractivity contribution in [3.8, 4) is 5.75 Å². The third-order valence-electron chi connectivity index (χ3n) is 3.49. The van der Waals surface area contributed by atoms with Crippen molar-refractivity contribution in [1.29, 1.82) is 0 Å². The first-order chi connectivity index (χ1) is 11.7. The molecule has 0 atom stereocenters. The SMILES string of the molecule is COc1ccc(SCCCC(=O)Nc2ccc3scnc3c2)cc1. The summed E-state index contributed by atoms with van der Waals surface area (Å²) in [6.07, 6.45) is 1.35. The van der Waals surface area contributed by atoms with Crippen LogP contribution in [0.1, 0.15) is 12.8 Å². The van der Waals surface area contributed by atoms with E-state index in [4.69, 9.17) is 4.74 Å². The van der Waals surface area contributed by atoms with Gasteiger partial charge in [0, 0.05) is 17.0 Å². The molecular formula is C18H18N2O2S2. The van der Waals surface area contributed by atoms with E-state index in [0.717, 1.165) is 33.8 Å². The normalized spacial score (nSPS) is 10.7. The molecule has 0 fully saturated rings. The van der Waals surface area contributed by atoms with Gasteiger partial charge in [-0.2, -0.15) is 0 Å². The van der Waals surface area contributed by atoms with Gasteiger partial charge >= 0.3 is 0 Å². The Hall–Kier alpha value is -2.05. The molecule has 0 saturated carbocycles. The largest absolute Gasteiger partial charge is 0.497 e. The standard InChI is InChI=1S/C18H18N2O2S2/c1-22-14-5-7-15(8-6-14)23-10-2-3-18(21)20-13-4-9-17-16(11-13)19-12-24-17/h4-9,11-12H,2-3,10H2,1H3,(H,20,21). The van der Waals surface area contributed by atoms with Crippen LogP contribution in [-0.4, -0.2) is 23.8 Å². The molecule has 1 N–H and O–H groups in total. The van der Waals surface area contributed by atoms with Gasteiger partial charge in [-0.3, -0.25) is 4.79 Å². The van der Waals surface area contributed by atoms with E-state index in [1.165, 1.54) is 4.90 Å². The summed E-state index contributed by atoms with van der Waals surface area (Å²) in [6.45, 7) is 0. The lowest BCUT2D eigenvalue weighted by atomic mass is 10.2. The van der Waals surface area contributed by atoms with E-state index < -0.39 is 0 Å². The summed E-state index contributed by atoms with van der Waals surface area (Å²) >= 11 is 3.34. The number of carbonyl (C=O) groups excluding carboxylic acids is 1. The van der Waals surface area contributed by atoms with Crippen molar-refractivity contribution in [3.05, 3.63) is 48.0 Å². The van der Waals surface area contributed by atoms with Gasteiger partial charge < -0.3 is 10.1 Å². The fraction of sp³-hybridized carbons (Fsp3) is 0.222. The molecule has 3 aromatic rings. The van der Waals surface area contributed by atoms with Crippen LogP contribution in [0.5, 0.6) is 5.75 Å². The number of rotatable bonds is 7. The van der Waals surface area contributed by atoms with Gasteiger partial charge in [0.25, 0.3) is 0 Å². The number of aromatic nitrogens is 1. The molecular weight excluding hydrogens is 340 g/mol. The maximum atomic E-state index is 12.0. The molecule has 2 aromatic carbocycles. The third-order valence-corrected chi connectivity index (χ3v) is 5.40. The number of amides is 1. The van der Waals surface area contributed by atoms with Crippen molar-refractivity contribution in [2.45, 2.75) is 17.7 Å². The molecule has 0 spiro atoms. The second-order valence-electron chi connectivity index (χ2n) is 5.21. The van der Waals surface area contributed by atoms with Crippen molar-refractivity contribution in [3.63, 3.8) is 0 Å². The number of nitrogens with one attached hydrogen (secondary N) is 1. The van der Waals surface area contributed by atoms with E-state index >= 15 is 0 Å². The average Bonchev–Trinajstić information content (AvgIpc) is 3.07. The number of hydrogen-bond acceptors (Lipinski definition) is 5. The van der Waals surface area contributed by atoms with Gasteiger partial charge in [-0.25, -0.2) is 4.98 Å². The average molecular weight is 358 g/mol. The minimum absolute atomic E-state index is 0.0416. The highest BCUT2D eigenvalue weighted by Crippen LogP contribution is 2.23. The van der Waals surface area contributed by atoms with Crippen molar-refractivity contribution >= 4 is 44.9 Å². The van der Waals surface area contributed by atoms with Gasteiger partial charge in [0.15, 0.2) is 0 Å².